The first kappa shape index (κ1) is 13.6. The maximum absolute atomic E-state index is 13.8. The van der Waals surface area contributed by atoms with Crippen LogP contribution in [-0.2, 0) is 0 Å². The molecular weight excluding hydrogens is 320 g/mol. The Morgan fingerprint density at radius 1 is 1.17 bits per heavy atom. The van der Waals surface area contributed by atoms with Crippen molar-refractivity contribution in [3.63, 3.8) is 0 Å². The maximum Gasteiger partial charge on any atom is 0.164 e. The van der Waals surface area contributed by atoms with Crippen LogP contribution in [-0.4, -0.2) is 0 Å². The highest BCUT2D eigenvalue weighted by molar-refractivity contribution is 9.11. The van der Waals surface area contributed by atoms with Crippen LogP contribution < -0.4 is 5.73 Å². The third-order valence-corrected chi connectivity index (χ3v) is 5.04. The highest BCUT2D eigenvalue weighted by Gasteiger charge is 2.20. The zero-order valence-electron chi connectivity index (χ0n) is 9.93. The van der Waals surface area contributed by atoms with Crippen molar-refractivity contribution in [2.75, 3.05) is 0 Å². The number of hydrogen-bond donors (Lipinski definition) is 1. The minimum Gasteiger partial charge on any atom is -0.320 e. The van der Waals surface area contributed by atoms with E-state index in [2.05, 4.69) is 15.9 Å². The smallest absolute Gasteiger partial charge is 0.164 e. The molecule has 96 valence electrons. The van der Waals surface area contributed by atoms with Crippen molar-refractivity contribution in [2.24, 2.45) is 5.73 Å². The molecular formula is C13H12BrF2NS. The van der Waals surface area contributed by atoms with Crippen molar-refractivity contribution < 1.29 is 8.78 Å². The van der Waals surface area contributed by atoms with Crippen LogP contribution in [0.15, 0.2) is 22.0 Å². The fourth-order valence-corrected chi connectivity index (χ4v) is 3.28. The van der Waals surface area contributed by atoms with Gasteiger partial charge in [-0.05, 0) is 47.0 Å². The summed E-state index contributed by atoms with van der Waals surface area (Å²) in [6.07, 6.45) is 0. The van der Waals surface area contributed by atoms with Crippen molar-refractivity contribution >= 4 is 27.3 Å². The molecule has 2 rings (SSSR count). The molecule has 2 N–H and O–H groups in total. The maximum atomic E-state index is 13.8. The van der Waals surface area contributed by atoms with Gasteiger partial charge in [0, 0.05) is 10.4 Å². The molecule has 0 spiro atoms. The molecule has 0 fully saturated rings. The molecule has 0 aliphatic rings. The molecule has 0 saturated heterocycles. The van der Waals surface area contributed by atoms with Gasteiger partial charge in [0.2, 0.25) is 0 Å². The predicted molar refractivity (Wildman–Crippen MR) is 73.9 cm³/mol. The van der Waals surface area contributed by atoms with Crippen LogP contribution in [0.2, 0.25) is 0 Å². The lowest BCUT2D eigenvalue weighted by Crippen LogP contribution is -2.13. The summed E-state index contributed by atoms with van der Waals surface area (Å²) in [6.45, 7) is 3.46. The lowest BCUT2D eigenvalue weighted by molar-refractivity contribution is 0.490. The monoisotopic (exact) mass is 331 g/mol. The third kappa shape index (κ3) is 2.35. The van der Waals surface area contributed by atoms with E-state index in [1.807, 2.05) is 13.0 Å². The van der Waals surface area contributed by atoms with Gasteiger partial charge < -0.3 is 5.73 Å². The Bertz CT molecular complexity index is 575. The summed E-state index contributed by atoms with van der Waals surface area (Å²) >= 11 is 4.84. The molecule has 1 atom stereocenters. The Hall–Kier alpha value is -0.780. The van der Waals surface area contributed by atoms with E-state index in [1.165, 1.54) is 18.3 Å². The van der Waals surface area contributed by atoms with Crippen LogP contribution >= 0.6 is 27.3 Å². The second-order valence-electron chi connectivity index (χ2n) is 4.18. The van der Waals surface area contributed by atoms with Crippen LogP contribution in [0.1, 0.15) is 27.6 Å². The summed E-state index contributed by atoms with van der Waals surface area (Å²) in [5, 5.41) is 0. The first-order valence-electron chi connectivity index (χ1n) is 5.37. The SMILES string of the molecule is Cc1cc(C(N)c2ccc(C)c(F)c2F)sc1Br. The molecule has 0 radical (unpaired) electrons. The van der Waals surface area contributed by atoms with E-state index >= 15 is 0 Å². The van der Waals surface area contributed by atoms with Crippen LogP contribution in [0, 0.1) is 25.5 Å². The van der Waals surface area contributed by atoms with Gasteiger partial charge >= 0.3 is 0 Å². The van der Waals surface area contributed by atoms with Gasteiger partial charge in [-0.25, -0.2) is 8.78 Å². The molecule has 1 unspecified atom stereocenters. The number of halogens is 3. The van der Waals surface area contributed by atoms with Crippen LogP contribution in [0.25, 0.3) is 0 Å². The Kier molecular flexibility index (Phi) is 3.84. The quantitative estimate of drug-likeness (QED) is 0.864. The second-order valence-corrected chi connectivity index (χ2v) is 6.58. The molecule has 0 aliphatic heterocycles. The van der Waals surface area contributed by atoms with Crippen LogP contribution in [0.4, 0.5) is 8.78 Å². The summed E-state index contributed by atoms with van der Waals surface area (Å²) in [6, 6.07) is 4.33. The number of rotatable bonds is 2. The zero-order chi connectivity index (χ0) is 13.4. The number of hydrogen-bond acceptors (Lipinski definition) is 2. The van der Waals surface area contributed by atoms with Crippen molar-refractivity contribution in [1.82, 2.24) is 0 Å². The van der Waals surface area contributed by atoms with E-state index in [9.17, 15) is 8.78 Å². The number of benzene rings is 1. The molecule has 0 aliphatic carbocycles. The summed E-state index contributed by atoms with van der Waals surface area (Å²) in [5.74, 6) is -1.68. The predicted octanol–water partition coefficient (Wildman–Crippen LogP) is 4.45. The summed E-state index contributed by atoms with van der Waals surface area (Å²) in [5.41, 5.74) is 7.51. The molecule has 0 amide bonds. The summed E-state index contributed by atoms with van der Waals surface area (Å²) in [4.78, 5) is 0.807. The van der Waals surface area contributed by atoms with E-state index in [0.29, 0.717) is 0 Å². The Morgan fingerprint density at radius 3 is 2.39 bits per heavy atom. The largest absolute Gasteiger partial charge is 0.320 e. The van der Waals surface area contributed by atoms with Gasteiger partial charge in [-0.2, -0.15) is 0 Å². The van der Waals surface area contributed by atoms with Crippen molar-refractivity contribution in [3.8, 4) is 0 Å². The summed E-state index contributed by atoms with van der Waals surface area (Å²) < 4.78 is 28.3. The van der Waals surface area contributed by atoms with E-state index in [4.69, 9.17) is 5.73 Å². The summed E-state index contributed by atoms with van der Waals surface area (Å²) in [7, 11) is 0. The molecule has 0 bridgehead atoms. The number of thiophene rings is 1. The zero-order valence-corrected chi connectivity index (χ0v) is 12.3. The normalized spacial score (nSPS) is 12.8. The van der Waals surface area contributed by atoms with Gasteiger partial charge in [-0.15, -0.1) is 11.3 Å². The molecule has 1 heterocycles. The van der Waals surface area contributed by atoms with Crippen LogP contribution in [0.3, 0.4) is 0 Å². The van der Waals surface area contributed by atoms with E-state index in [-0.39, 0.29) is 11.1 Å². The van der Waals surface area contributed by atoms with Crippen molar-refractivity contribution in [2.45, 2.75) is 19.9 Å². The van der Waals surface area contributed by atoms with E-state index < -0.39 is 17.7 Å². The Labute approximate surface area is 117 Å². The van der Waals surface area contributed by atoms with Gasteiger partial charge in [0.1, 0.15) is 0 Å². The van der Waals surface area contributed by atoms with Gasteiger partial charge in [0.15, 0.2) is 11.6 Å². The third-order valence-electron chi connectivity index (χ3n) is 2.82. The minimum absolute atomic E-state index is 0.187. The molecule has 5 heteroatoms. The topological polar surface area (TPSA) is 26.0 Å². The highest BCUT2D eigenvalue weighted by atomic mass is 79.9. The average molecular weight is 332 g/mol. The Morgan fingerprint density at radius 2 is 1.83 bits per heavy atom. The van der Waals surface area contributed by atoms with Crippen LogP contribution in [0.5, 0.6) is 0 Å². The first-order chi connectivity index (χ1) is 8.41. The van der Waals surface area contributed by atoms with Gasteiger partial charge in [0.05, 0.1) is 9.83 Å². The number of nitrogens with two attached hydrogens (primary N) is 1. The molecule has 1 nitrogen and oxygen atoms in total. The molecule has 1 aromatic carbocycles. The van der Waals surface area contributed by atoms with Gasteiger partial charge in [-0.1, -0.05) is 12.1 Å². The molecule has 0 saturated carbocycles. The first-order valence-corrected chi connectivity index (χ1v) is 6.98. The highest BCUT2D eigenvalue weighted by Crippen LogP contribution is 2.34. The van der Waals surface area contributed by atoms with Crippen molar-refractivity contribution in [1.29, 1.82) is 0 Å². The fourth-order valence-electron chi connectivity index (χ4n) is 1.69. The van der Waals surface area contributed by atoms with Crippen molar-refractivity contribution in [3.05, 3.63) is 55.2 Å². The fraction of sp³-hybridized carbons (Fsp3) is 0.231. The van der Waals surface area contributed by atoms with E-state index in [0.717, 1.165) is 14.2 Å². The standard InChI is InChI=1S/C13H12BrF2NS/c1-6-3-4-8(11(16)10(6)15)12(17)9-5-7(2)13(14)18-9/h3-5,12H,17H2,1-2H3. The van der Waals surface area contributed by atoms with Gasteiger partial charge in [-0.3, -0.25) is 0 Å². The van der Waals surface area contributed by atoms with E-state index in [1.54, 1.807) is 12.1 Å². The van der Waals surface area contributed by atoms with Gasteiger partial charge in [0.25, 0.3) is 0 Å². The lowest BCUT2D eigenvalue weighted by atomic mass is 10.0. The number of aryl methyl sites for hydroxylation is 2. The average Bonchev–Trinajstić information content (AvgIpc) is 2.66. The molecule has 2 aromatic rings. The second kappa shape index (κ2) is 5.07. The molecule has 18 heavy (non-hydrogen) atoms. The lowest BCUT2D eigenvalue weighted by Gasteiger charge is -2.12. The minimum atomic E-state index is -0.857. The molecule has 1 aromatic heterocycles. The Balaban J connectivity index is 2.46.